The lowest BCUT2D eigenvalue weighted by molar-refractivity contribution is 0.0781. The third-order valence-electron chi connectivity index (χ3n) is 4.96. The summed E-state index contributed by atoms with van der Waals surface area (Å²) in [6, 6.07) is 0. The fourth-order valence-corrected chi connectivity index (χ4v) is 5.25. The van der Waals surface area contributed by atoms with E-state index in [1.165, 1.54) is 0 Å². The van der Waals surface area contributed by atoms with Gasteiger partial charge >= 0.3 is 0 Å². The van der Waals surface area contributed by atoms with Crippen molar-refractivity contribution >= 4 is 51.5 Å². The van der Waals surface area contributed by atoms with Crippen LogP contribution in [0, 0.1) is 0 Å². The molecule has 0 saturated carbocycles. The zero-order valence-electron chi connectivity index (χ0n) is 15.0. The van der Waals surface area contributed by atoms with Crippen molar-refractivity contribution in [3.63, 3.8) is 0 Å². The third-order valence-corrected chi connectivity index (χ3v) is 8.91. The first-order valence-corrected chi connectivity index (χ1v) is 10.9. The van der Waals surface area contributed by atoms with E-state index in [0.29, 0.717) is 13.1 Å². The molecule has 0 aromatic heterocycles. The van der Waals surface area contributed by atoms with Crippen molar-refractivity contribution in [3.05, 3.63) is 0 Å². The van der Waals surface area contributed by atoms with Gasteiger partial charge in [0.2, 0.25) is 0 Å². The number of rotatable bonds is 3. The van der Waals surface area contributed by atoms with Crippen LogP contribution >= 0.6 is 35.7 Å². The Morgan fingerprint density at radius 1 is 1.33 bits per heavy atom. The molecule has 0 aliphatic carbocycles. The van der Waals surface area contributed by atoms with Gasteiger partial charge in [-0.25, -0.2) is 8.42 Å². The Bertz CT molecular complexity index is 546. The van der Waals surface area contributed by atoms with Gasteiger partial charge < -0.3 is 15.0 Å². The number of ether oxygens (including phenoxy) is 1. The van der Waals surface area contributed by atoms with E-state index in [0.717, 1.165) is 38.6 Å². The number of sulfone groups is 1. The molecule has 0 aromatic rings. The molecule has 0 amide bonds. The van der Waals surface area contributed by atoms with Crippen molar-refractivity contribution < 1.29 is 13.2 Å². The molecule has 2 heterocycles. The molecule has 0 aromatic carbocycles. The zero-order valence-corrected chi connectivity index (χ0v) is 19.0. The van der Waals surface area contributed by atoms with Crippen LogP contribution in [0.2, 0.25) is 0 Å². The van der Waals surface area contributed by atoms with Gasteiger partial charge in [0.05, 0.1) is 10.5 Å². The molecular formula is C15H30IN3O3S2. The topological polar surface area (TPSA) is 71.0 Å². The lowest BCUT2D eigenvalue weighted by atomic mass is 9.99. The lowest BCUT2D eigenvalue weighted by Gasteiger charge is -2.41. The molecule has 9 heteroatoms. The zero-order chi connectivity index (χ0) is 17.1. The van der Waals surface area contributed by atoms with Gasteiger partial charge in [0.25, 0.3) is 0 Å². The van der Waals surface area contributed by atoms with Crippen molar-refractivity contribution in [3.8, 4) is 0 Å². The monoisotopic (exact) mass is 491 g/mol. The first-order valence-electron chi connectivity index (χ1n) is 8.06. The Morgan fingerprint density at radius 3 is 2.46 bits per heavy atom. The fraction of sp³-hybridized carbons (Fsp3) is 0.933. The van der Waals surface area contributed by atoms with Crippen LogP contribution in [0.4, 0.5) is 0 Å². The average molecular weight is 491 g/mol. The summed E-state index contributed by atoms with van der Waals surface area (Å²) in [5, 5.41) is 3.47. The highest BCUT2D eigenvalue weighted by atomic mass is 127. The quantitative estimate of drug-likeness (QED) is 0.368. The SMILES string of the molecule is CN=C(NCC1(SC)CCOCC1)N1CCS(=O)(=O)C(C)(C)C1.I. The van der Waals surface area contributed by atoms with Crippen LogP contribution in [-0.4, -0.2) is 80.7 Å². The lowest BCUT2D eigenvalue weighted by Crippen LogP contribution is -2.58. The molecule has 2 aliphatic rings. The van der Waals surface area contributed by atoms with Crippen molar-refractivity contribution in [2.45, 2.75) is 36.2 Å². The Kier molecular flexibility index (Phi) is 8.15. The maximum atomic E-state index is 12.2. The van der Waals surface area contributed by atoms with Crippen LogP contribution in [0.1, 0.15) is 26.7 Å². The van der Waals surface area contributed by atoms with Crippen molar-refractivity contribution in [2.75, 3.05) is 51.9 Å². The van der Waals surface area contributed by atoms with Crippen LogP contribution < -0.4 is 5.32 Å². The van der Waals surface area contributed by atoms with Gasteiger partial charge in [-0.1, -0.05) is 0 Å². The second kappa shape index (κ2) is 8.77. The Hall–Kier alpha value is 0.260. The molecule has 2 fully saturated rings. The highest BCUT2D eigenvalue weighted by molar-refractivity contribution is 14.0. The normalized spacial score (nSPS) is 25.7. The largest absolute Gasteiger partial charge is 0.381 e. The molecule has 0 radical (unpaired) electrons. The summed E-state index contributed by atoms with van der Waals surface area (Å²) in [5.41, 5.74) is 0. The molecule has 0 bridgehead atoms. The number of hydrogen-bond donors (Lipinski definition) is 1. The van der Waals surface area contributed by atoms with E-state index >= 15 is 0 Å². The highest BCUT2D eigenvalue weighted by Crippen LogP contribution is 2.33. The molecule has 0 spiro atoms. The van der Waals surface area contributed by atoms with Crippen molar-refractivity contribution in [1.82, 2.24) is 10.2 Å². The van der Waals surface area contributed by atoms with Crippen LogP contribution in [0.25, 0.3) is 0 Å². The predicted molar refractivity (Wildman–Crippen MR) is 113 cm³/mol. The van der Waals surface area contributed by atoms with Gasteiger partial charge in [0.15, 0.2) is 15.8 Å². The molecule has 142 valence electrons. The van der Waals surface area contributed by atoms with Gasteiger partial charge in [-0.15, -0.1) is 24.0 Å². The summed E-state index contributed by atoms with van der Waals surface area (Å²) in [4.78, 5) is 6.43. The smallest absolute Gasteiger partial charge is 0.193 e. The van der Waals surface area contributed by atoms with E-state index < -0.39 is 14.6 Å². The van der Waals surface area contributed by atoms with E-state index in [1.807, 2.05) is 11.8 Å². The minimum absolute atomic E-state index is 0. The van der Waals surface area contributed by atoms with E-state index in [1.54, 1.807) is 20.9 Å². The molecule has 2 saturated heterocycles. The minimum atomic E-state index is -3.03. The van der Waals surface area contributed by atoms with Gasteiger partial charge in [-0.2, -0.15) is 11.8 Å². The molecule has 0 unspecified atom stereocenters. The molecule has 2 rings (SSSR count). The number of nitrogens with one attached hydrogen (secondary N) is 1. The summed E-state index contributed by atoms with van der Waals surface area (Å²) in [7, 11) is -1.27. The molecule has 24 heavy (non-hydrogen) atoms. The third kappa shape index (κ3) is 4.91. The fourth-order valence-electron chi connectivity index (χ4n) is 3.09. The Morgan fingerprint density at radius 2 is 1.96 bits per heavy atom. The Balaban J connectivity index is 0.00000288. The maximum absolute atomic E-state index is 12.2. The van der Waals surface area contributed by atoms with Crippen LogP contribution in [-0.2, 0) is 14.6 Å². The number of guanidine groups is 1. The van der Waals surface area contributed by atoms with Gasteiger partial charge in [-0.05, 0) is 32.9 Å². The number of hydrogen-bond acceptors (Lipinski definition) is 5. The standard InChI is InChI=1S/C15H29N3O3S2.HI/c1-14(2)12-18(7-10-23(14,19)20)13(16-3)17-11-15(22-4)5-8-21-9-6-15;/h5-12H2,1-4H3,(H,16,17);1H. The number of thioether (sulfide) groups is 1. The van der Waals surface area contributed by atoms with E-state index in [-0.39, 0.29) is 34.5 Å². The average Bonchev–Trinajstić information content (AvgIpc) is 2.52. The molecule has 1 N–H and O–H groups in total. The molecule has 6 nitrogen and oxygen atoms in total. The summed E-state index contributed by atoms with van der Waals surface area (Å²) < 4.78 is 29.2. The molecular weight excluding hydrogens is 461 g/mol. The van der Waals surface area contributed by atoms with Crippen molar-refractivity contribution in [1.29, 1.82) is 0 Å². The first kappa shape index (κ1) is 22.3. The number of aliphatic imine (C=N–C) groups is 1. The number of halogens is 1. The summed E-state index contributed by atoms with van der Waals surface area (Å²) in [6.45, 7) is 7.00. The van der Waals surface area contributed by atoms with Crippen LogP contribution in [0.5, 0.6) is 0 Å². The van der Waals surface area contributed by atoms with Crippen LogP contribution in [0.15, 0.2) is 4.99 Å². The van der Waals surface area contributed by atoms with Gasteiger partial charge in [-0.3, -0.25) is 4.99 Å². The predicted octanol–water partition coefficient (Wildman–Crippen LogP) is 1.60. The van der Waals surface area contributed by atoms with E-state index in [2.05, 4.69) is 21.5 Å². The van der Waals surface area contributed by atoms with Gasteiger partial charge in [0.1, 0.15) is 0 Å². The van der Waals surface area contributed by atoms with E-state index in [4.69, 9.17) is 4.74 Å². The van der Waals surface area contributed by atoms with Crippen molar-refractivity contribution in [2.24, 2.45) is 4.99 Å². The Labute approximate surface area is 167 Å². The second-order valence-corrected chi connectivity index (χ2v) is 10.9. The maximum Gasteiger partial charge on any atom is 0.193 e. The second-order valence-electron chi connectivity index (χ2n) is 6.90. The van der Waals surface area contributed by atoms with Crippen LogP contribution in [0.3, 0.4) is 0 Å². The molecule has 0 atom stereocenters. The van der Waals surface area contributed by atoms with Gasteiger partial charge in [0, 0.05) is 44.6 Å². The van der Waals surface area contributed by atoms with E-state index in [9.17, 15) is 8.42 Å². The summed E-state index contributed by atoms with van der Waals surface area (Å²) in [6.07, 6.45) is 4.20. The molecule has 2 aliphatic heterocycles. The highest BCUT2D eigenvalue weighted by Gasteiger charge is 2.41. The summed E-state index contributed by atoms with van der Waals surface area (Å²) in [5.74, 6) is 0.982. The summed E-state index contributed by atoms with van der Waals surface area (Å²) >= 11 is 1.88. The number of nitrogens with zero attached hydrogens (tertiary/aromatic N) is 2. The minimum Gasteiger partial charge on any atom is -0.381 e. The first-order chi connectivity index (χ1) is 10.8.